The molecule has 7 nitrogen and oxygen atoms in total. The number of nitrogens with zero attached hydrogens (tertiary/aromatic N) is 1. The van der Waals surface area contributed by atoms with Crippen LogP contribution in [0.1, 0.15) is 0 Å². The maximum Gasteiger partial charge on any atom is 0.338 e. The van der Waals surface area contributed by atoms with Crippen molar-refractivity contribution in [2.24, 2.45) is 0 Å². The molecule has 0 bridgehead atoms. The fraction of sp³-hybridized carbons (Fsp3) is 0.278. The standard InChI is InChI=1S/C18H18BrNO6/c1-24-15(21)7-11-9-20(13-6-4-5-12(19)8-13)10-14(17(22)25-2)16(11)18(23)26-3/h4-8H,9-10H2,1-3H3. The molecule has 26 heavy (non-hydrogen) atoms. The van der Waals surface area contributed by atoms with Crippen molar-refractivity contribution in [3.8, 4) is 0 Å². The number of esters is 3. The van der Waals surface area contributed by atoms with Crippen LogP contribution in [-0.2, 0) is 28.6 Å². The summed E-state index contributed by atoms with van der Waals surface area (Å²) in [5.41, 5.74) is 1.26. The van der Waals surface area contributed by atoms with Crippen LogP contribution in [0.5, 0.6) is 0 Å². The summed E-state index contributed by atoms with van der Waals surface area (Å²) in [6.07, 6.45) is 1.18. The molecule has 138 valence electrons. The monoisotopic (exact) mass is 423 g/mol. The Hall–Kier alpha value is -2.61. The number of methoxy groups -OCH3 is 3. The van der Waals surface area contributed by atoms with E-state index in [1.807, 2.05) is 29.2 Å². The summed E-state index contributed by atoms with van der Waals surface area (Å²) in [5, 5.41) is 0. The highest BCUT2D eigenvalue weighted by atomic mass is 79.9. The van der Waals surface area contributed by atoms with Crippen molar-refractivity contribution in [2.45, 2.75) is 0 Å². The Labute approximate surface area is 159 Å². The highest BCUT2D eigenvalue weighted by molar-refractivity contribution is 9.10. The molecule has 0 atom stereocenters. The van der Waals surface area contributed by atoms with Crippen molar-refractivity contribution >= 4 is 39.5 Å². The zero-order chi connectivity index (χ0) is 19.3. The van der Waals surface area contributed by atoms with Gasteiger partial charge in [0, 0.05) is 22.8 Å². The van der Waals surface area contributed by atoms with Crippen LogP contribution in [0.2, 0.25) is 0 Å². The minimum atomic E-state index is -0.713. The average Bonchev–Trinajstić information content (AvgIpc) is 2.65. The lowest BCUT2D eigenvalue weighted by Crippen LogP contribution is -2.38. The van der Waals surface area contributed by atoms with E-state index in [1.54, 1.807) is 0 Å². The van der Waals surface area contributed by atoms with Gasteiger partial charge in [-0.25, -0.2) is 14.4 Å². The minimum Gasteiger partial charge on any atom is -0.466 e. The van der Waals surface area contributed by atoms with E-state index in [2.05, 4.69) is 20.7 Å². The first-order valence-electron chi connectivity index (χ1n) is 7.60. The van der Waals surface area contributed by atoms with Gasteiger partial charge in [-0.2, -0.15) is 0 Å². The lowest BCUT2D eigenvalue weighted by molar-refractivity contribution is -0.139. The molecule has 0 radical (unpaired) electrons. The van der Waals surface area contributed by atoms with E-state index in [1.165, 1.54) is 27.4 Å². The fourth-order valence-electron chi connectivity index (χ4n) is 2.62. The van der Waals surface area contributed by atoms with Gasteiger partial charge in [-0.1, -0.05) is 22.0 Å². The smallest absolute Gasteiger partial charge is 0.338 e. The quantitative estimate of drug-likeness (QED) is 0.416. The average molecular weight is 424 g/mol. The van der Waals surface area contributed by atoms with E-state index in [0.29, 0.717) is 5.57 Å². The first-order chi connectivity index (χ1) is 12.4. The number of rotatable bonds is 4. The molecule has 1 aromatic rings. The Morgan fingerprint density at radius 1 is 1.04 bits per heavy atom. The summed E-state index contributed by atoms with van der Waals surface area (Å²) >= 11 is 3.41. The number of anilines is 1. The number of hydrogen-bond acceptors (Lipinski definition) is 7. The third kappa shape index (κ3) is 4.32. The van der Waals surface area contributed by atoms with Gasteiger partial charge < -0.3 is 19.1 Å². The molecule has 0 fully saturated rings. The van der Waals surface area contributed by atoms with Crippen molar-refractivity contribution in [3.05, 3.63) is 51.5 Å². The van der Waals surface area contributed by atoms with Crippen molar-refractivity contribution in [1.82, 2.24) is 0 Å². The predicted molar refractivity (Wildman–Crippen MR) is 97.5 cm³/mol. The maximum absolute atomic E-state index is 12.3. The van der Waals surface area contributed by atoms with E-state index in [9.17, 15) is 14.4 Å². The van der Waals surface area contributed by atoms with Gasteiger partial charge in [0.25, 0.3) is 0 Å². The third-order valence-electron chi connectivity index (χ3n) is 3.82. The molecule has 0 aromatic heterocycles. The number of hydrogen-bond donors (Lipinski definition) is 0. The van der Waals surface area contributed by atoms with Crippen LogP contribution in [0.15, 0.2) is 51.5 Å². The largest absolute Gasteiger partial charge is 0.466 e. The molecule has 1 aliphatic heterocycles. The number of ether oxygens (including phenoxy) is 3. The Kier molecular flexibility index (Phi) is 6.57. The zero-order valence-corrected chi connectivity index (χ0v) is 16.2. The lowest BCUT2D eigenvalue weighted by Gasteiger charge is -2.32. The Balaban J connectivity index is 2.61. The molecule has 0 amide bonds. The van der Waals surface area contributed by atoms with Crippen molar-refractivity contribution < 1.29 is 28.6 Å². The molecular formula is C18H18BrNO6. The molecular weight excluding hydrogens is 406 g/mol. The van der Waals surface area contributed by atoms with Crippen LogP contribution in [0.3, 0.4) is 0 Å². The molecule has 0 saturated carbocycles. The highest BCUT2D eigenvalue weighted by Gasteiger charge is 2.33. The van der Waals surface area contributed by atoms with E-state index < -0.39 is 17.9 Å². The van der Waals surface area contributed by atoms with E-state index in [0.717, 1.165) is 10.2 Å². The normalized spacial score (nSPS) is 15.7. The van der Waals surface area contributed by atoms with Crippen LogP contribution in [0.25, 0.3) is 0 Å². The molecule has 0 aliphatic carbocycles. The summed E-state index contributed by atoms with van der Waals surface area (Å²) in [4.78, 5) is 38.2. The number of halogens is 1. The highest BCUT2D eigenvalue weighted by Crippen LogP contribution is 2.30. The summed E-state index contributed by atoms with van der Waals surface area (Å²) in [6, 6.07) is 7.45. The van der Waals surface area contributed by atoms with Crippen LogP contribution in [-0.4, -0.2) is 52.3 Å². The minimum absolute atomic E-state index is 0.0241. The zero-order valence-electron chi connectivity index (χ0n) is 14.6. The fourth-order valence-corrected chi connectivity index (χ4v) is 3.01. The van der Waals surface area contributed by atoms with Gasteiger partial charge in [-0.15, -0.1) is 0 Å². The molecule has 0 N–H and O–H groups in total. The van der Waals surface area contributed by atoms with Gasteiger partial charge >= 0.3 is 17.9 Å². The van der Waals surface area contributed by atoms with Gasteiger partial charge in [0.05, 0.1) is 39.0 Å². The third-order valence-corrected chi connectivity index (χ3v) is 4.31. The van der Waals surface area contributed by atoms with Gasteiger partial charge in [0.15, 0.2) is 0 Å². The molecule has 2 rings (SSSR count). The van der Waals surface area contributed by atoms with Gasteiger partial charge in [0.1, 0.15) is 0 Å². The first kappa shape index (κ1) is 19.7. The van der Waals surface area contributed by atoms with E-state index in [-0.39, 0.29) is 24.2 Å². The summed E-state index contributed by atoms with van der Waals surface area (Å²) in [7, 11) is 3.67. The van der Waals surface area contributed by atoms with Crippen LogP contribution < -0.4 is 4.90 Å². The van der Waals surface area contributed by atoms with Crippen molar-refractivity contribution in [2.75, 3.05) is 39.3 Å². The number of benzene rings is 1. The van der Waals surface area contributed by atoms with Crippen molar-refractivity contribution in [1.29, 1.82) is 0 Å². The lowest BCUT2D eigenvalue weighted by atomic mass is 9.93. The Morgan fingerprint density at radius 3 is 2.31 bits per heavy atom. The SMILES string of the molecule is COC(=O)C=C1CN(c2cccc(Br)c2)CC(C(=O)OC)=C1C(=O)OC. The van der Waals surface area contributed by atoms with Gasteiger partial charge in [-0.3, -0.25) is 0 Å². The first-order valence-corrected chi connectivity index (χ1v) is 8.39. The molecule has 0 unspecified atom stereocenters. The van der Waals surface area contributed by atoms with Crippen LogP contribution in [0, 0.1) is 0 Å². The molecule has 1 aromatic carbocycles. The predicted octanol–water partition coefficient (Wildman–Crippen LogP) is 2.01. The van der Waals surface area contributed by atoms with Gasteiger partial charge in [-0.05, 0) is 23.8 Å². The maximum atomic E-state index is 12.3. The second-order valence-corrected chi connectivity index (χ2v) is 6.28. The summed E-state index contributed by atoms with van der Waals surface area (Å²) in [6.45, 7) is 0.350. The van der Waals surface area contributed by atoms with E-state index >= 15 is 0 Å². The number of carbonyl (C=O) groups excluding carboxylic acids is 3. The Bertz CT molecular complexity index is 799. The molecule has 0 saturated heterocycles. The summed E-state index contributed by atoms with van der Waals surface area (Å²) < 4.78 is 15.1. The molecule has 1 heterocycles. The molecule has 0 spiro atoms. The van der Waals surface area contributed by atoms with E-state index in [4.69, 9.17) is 9.47 Å². The Morgan fingerprint density at radius 2 is 1.73 bits per heavy atom. The second-order valence-electron chi connectivity index (χ2n) is 5.37. The molecule has 8 heteroatoms. The molecule has 1 aliphatic rings. The topological polar surface area (TPSA) is 82.1 Å². The van der Waals surface area contributed by atoms with Crippen molar-refractivity contribution in [3.63, 3.8) is 0 Å². The number of carbonyl (C=O) groups is 3. The van der Waals surface area contributed by atoms with Crippen LogP contribution in [0.4, 0.5) is 5.69 Å². The van der Waals surface area contributed by atoms with Crippen LogP contribution >= 0.6 is 15.9 Å². The summed E-state index contributed by atoms with van der Waals surface area (Å²) in [5.74, 6) is -2.02. The van der Waals surface area contributed by atoms with Gasteiger partial charge in [0.2, 0.25) is 0 Å². The second kappa shape index (κ2) is 8.66.